The highest BCUT2D eigenvalue weighted by molar-refractivity contribution is 7.89. The maximum atomic E-state index is 13.4. The Morgan fingerprint density at radius 1 is 1.09 bits per heavy atom. The SMILES string of the molecule is CCCN(CC(=O)N(Cc1ccccc1)Cc1ccc(C)o1)S(=O)(=O)c1ccc(Cl)c([N+](=O)[O-])c1. The van der Waals surface area contributed by atoms with E-state index in [9.17, 15) is 23.3 Å². The van der Waals surface area contributed by atoms with E-state index in [4.69, 9.17) is 16.0 Å². The van der Waals surface area contributed by atoms with Crippen molar-refractivity contribution in [3.05, 3.63) is 92.9 Å². The summed E-state index contributed by atoms with van der Waals surface area (Å²) in [6.07, 6.45) is 0.443. The Morgan fingerprint density at radius 2 is 1.80 bits per heavy atom. The van der Waals surface area contributed by atoms with Crippen molar-refractivity contribution < 1.29 is 22.6 Å². The van der Waals surface area contributed by atoms with Crippen LogP contribution in [0.4, 0.5) is 5.69 Å². The largest absolute Gasteiger partial charge is 0.464 e. The number of carbonyl (C=O) groups excluding carboxylic acids is 1. The highest BCUT2D eigenvalue weighted by atomic mass is 35.5. The van der Waals surface area contributed by atoms with Crippen molar-refractivity contribution in [3.8, 4) is 0 Å². The third-order valence-electron chi connectivity index (χ3n) is 5.25. The molecule has 186 valence electrons. The number of halogens is 1. The first-order chi connectivity index (χ1) is 16.6. The Bertz CT molecular complexity index is 1290. The van der Waals surface area contributed by atoms with Gasteiger partial charge in [0, 0.05) is 19.2 Å². The van der Waals surface area contributed by atoms with Gasteiger partial charge in [0.15, 0.2) is 0 Å². The predicted molar refractivity (Wildman–Crippen MR) is 131 cm³/mol. The van der Waals surface area contributed by atoms with Gasteiger partial charge in [-0.3, -0.25) is 14.9 Å². The van der Waals surface area contributed by atoms with Crippen molar-refractivity contribution in [2.24, 2.45) is 0 Å². The van der Waals surface area contributed by atoms with Crippen LogP contribution in [0.25, 0.3) is 0 Å². The monoisotopic (exact) mass is 519 g/mol. The zero-order chi connectivity index (χ0) is 25.6. The van der Waals surface area contributed by atoms with Crippen molar-refractivity contribution in [1.29, 1.82) is 0 Å². The van der Waals surface area contributed by atoms with Crippen LogP contribution in [-0.4, -0.2) is 41.5 Å². The van der Waals surface area contributed by atoms with Gasteiger partial charge in [0.2, 0.25) is 15.9 Å². The number of nitro benzene ring substituents is 1. The summed E-state index contributed by atoms with van der Waals surface area (Å²) in [6, 6.07) is 16.2. The number of hydrogen-bond acceptors (Lipinski definition) is 6. The summed E-state index contributed by atoms with van der Waals surface area (Å²) in [6.45, 7) is 3.63. The third kappa shape index (κ3) is 6.68. The van der Waals surface area contributed by atoms with Crippen molar-refractivity contribution in [2.75, 3.05) is 13.1 Å². The molecule has 0 atom stereocenters. The quantitative estimate of drug-likeness (QED) is 0.266. The fourth-order valence-corrected chi connectivity index (χ4v) is 5.21. The van der Waals surface area contributed by atoms with Crippen LogP contribution in [0.2, 0.25) is 5.02 Å². The first kappa shape index (κ1) is 26.4. The first-order valence-electron chi connectivity index (χ1n) is 10.9. The molecule has 0 spiro atoms. The number of benzene rings is 2. The number of hydrogen-bond donors (Lipinski definition) is 0. The second-order valence-electron chi connectivity index (χ2n) is 7.96. The maximum absolute atomic E-state index is 13.4. The summed E-state index contributed by atoms with van der Waals surface area (Å²) >= 11 is 5.84. The van der Waals surface area contributed by atoms with E-state index < -0.39 is 33.1 Å². The van der Waals surface area contributed by atoms with E-state index in [0.717, 1.165) is 15.9 Å². The van der Waals surface area contributed by atoms with Gasteiger partial charge >= 0.3 is 0 Å². The van der Waals surface area contributed by atoms with Crippen molar-refractivity contribution >= 4 is 33.2 Å². The molecule has 0 aliphatic carbocycles. The van der Waals surface area contributed by atoms with E-state index in [1.54, 1.807) is 26.0 Å². The first-order valence-corrected chi connectivity index (χ1v) is 12.7. The van der Waals surface area contributed by atoms with Crippen molar-refractivity contribution in [3.63, 3.8) is 0 Å². The molecule has 0 aliphatic rings. The van der Waals surface area contributed by atoms with E-state index in [2.05, 4.69) is 0 Å². The number of amides is 1. The molecule has 1 heterocycles. The molecule has 0 aliphatic heterocycles. The molecule has 3 rings (SSSR count). The lowest BCUT2D eigenvalue weighted by molar-refractivity contribution is -0.384. The minimum absolute atomic E-state index is 0.0591. The van der Waals surface area contributed by atoms with E-state index >= 15 is 0 Å². The van der Waals surface area contributed by atoms with Crippen LogP contribution in [0.15, 0.2) is 70.0 Å². The molecule has 9 nitrogen and oxygen atoms in total. The molecule has 3 aromatic rings. The van der Waals surface area contributed by atoms with Gasteiger partial charge in [0.1, 0.15) is 16.5 Å². The van der Waals surface area contributed by atoms with Gasteiger partial charge < -0.3 is 9.32 Å². The Kier molecular flexibility index (Phi) is 8.66. The number of nitro groups is 1. The number of nitrogens with zero attached hydrogens (tertiary/aromatic N) is 3. The van der Waals surface area contributed by atoms with Crippen LogP contribution in [0.3, 0.4) is 0 Å². The average molecular weight is 520 g/mol. The molecule has 2 aromatic carbocycles. The second kappa shape index (κ2) is 11.5. The number of furan rings is 1. The molecule has 1 aromatic heterocycles. The standard InChI is InChI=1S/C24H26ClN3O6S/c1-3-13-27(35(32,33)21-11-12-22(25)23(14-21)28(30)31)17-24(29)26(15-19-7-5-4-6-8-19)16-20-10-9-18(2)34-20/h4-12,14H,3,13,15-17H2,1-2H3. The fraction of sp³-hybridized carbons (Fsp3) is 0.292. The normalized spacial score (nSPS) is 11.5. The molecule has 0 fully saturated rings. The minimum atomic E-state index is -4.21. The van der Waals surface area contributed by atoms with Crippen molar-refractivity contribution in [2.45, 2.75) is 38.3 Å². The van der Waals surface area contributed by atoms with E-state index in [0.29, 0.717) is 17.9 Å². The van der Waals surface area contributed by atoms with Crippen LogP contribution in [0.5, 0.6) is 0 Å². The molecule has 11 heteroatoms. The summed E-state index contributed by atoms with van der Waals surface area (Å²) in [7, 11) is -4.21. The van der Waals surface area contributed by atoms with E-state index in [1.807, 2.05) is 30.3 Å². The van der Waals surface area contributed by atoms with E-state index in [1.165, 1.54) is 17.0 Å². The van der Waals surface area contributed by atoms with Crippen molar-refractivity contribution in [1.82, 2.24) is 9.21 Å². The molecule has 0 radical (unpaired) electrons. The molecule has 0 N–H and O–H groups in total. The molecular weight excluding hydrogens is 494 g/mol. The summed E-state index contributed by atoms with van der Waals surface area (Å²) in [5.41, 5.74) is 0.358. The molecular formula is C24H26ClN3O6S. The van der Waals surface area contributed by atoms with Crippen LogP contribution >= 0.6 is 11.6 Å². The average Bonchev–Trinajstić information content (AvgIpc) is 3.23. The van der Waals surface area contributed by atoms with Gasteiger partial charge in [0.05, 0.1) is 22.9 Å². The molecule has 0 saturated carbocycles. The molecule has 0 unspecified atom stereocenters. The van der Waals surface area contributed by atoms with Gasteiger partial charge in [0.25, 0.3) is 5.69 Å². The minimum Gasteiger partial charge on any atom is -0.464 e. The molecule has 35 heavy (non-hydrogen) atoms. The smallest absolute Gasteiger partial charge is 0.289 e. The Morgan fingerprint density at radius 3 is 2.40 bits per heavy atom. The fourth-order valence-electron chi connectivity index (χ4n) is 3.52. The third-order valence-corrected chi connectivity index (χ3v) is 7.41. The topological polar surface area (TPSA) is 114 Å². The highest BCUT2D eigenvalue weighted by Gasteiger charge is 2.30. The summed E-state index contributed by atoms with van der Waals surface area (Å²) in [5, 5.41) is 11.1. The zero-order valence-corrected chi connectivity index (χ0v) is 21.0. The lowest BCUT2D eigenvalue weighted by atomic mass is 10.2. The molecule has 0 saturated heterocycles. The zero-order valence-electron chi connectivity index (χ0n) is 19.4. The Labute approximate surface area is 209 Å². The lowest BCUT2D eigenvalue weighted by Crippen LogP contribution is -2.42. The molecule has 0 bridgehead atoms. The van der Waals surface area contributed by atoms with Crippen LogP contribution in [0.1, 0.15) is 30.4 Å². The number of rotatable bonds is 11. The maximum Gasteiger partial charge on any atom is 0.289 e. The summed E-state index contributed by atoms with van der Waals surface area (Å²) in [5.74, 6) is 0.847. The van der Waals surface area contributed by atoms with Gasteiger partial charge in [-0.2, -0.15) is 4.31 Å². The predicted octanol–water partition coefficient (Wildman–Crippen LogP) is 4.78. The van der Waals surface area contributed by atoms with E-state index in [-0.39, 0.29) is 29.6 Å². The van der Waals surface area contributed by atoms with Gasteiger partial charge in [-0.15, -0.1) is 0 Å². The second-order valence-corrected chi connectivity index (χ2v) is 10.3. The van der Waals surface area contributed by atoms with Gasteiger partial charge in [-0.25, -0.2) is 8.42 Å². The van der Waals surface area contributed by atoms with Crippen LogP contribution in [0, 0.1) is 17.0 Å². The lowest BCUT2D eigenvalue weighted by Gasteiger charge is -2.27. The number of aryl methyl sites for hydroxylation is 1. The van der Waals surface area contributed by atoms with Gasteiger partial charge in [-0.05, 0) is 43.2 Å². The van der Waals surface area contributed by atoms with Crippen LogP contribution in [-0.2, 0) is 27.9 Å². The van der Waals surface area contributed by atoms with Crippen LogP contribution < -0.4 is 0 Å². The Hall–Kier alpha value is -3.21. The molecule has 1 amide bonds. The Balaban J connectivity index is 1.89. The summed E-state index contributed by atoms with van der Waals surface area (Å²) < 4.78 is 33.4. The highest BCUT2D eigenvalue weighted by Crippen LogP contribution is 2.29. The number of sulfonamides is 1. The number of carbonyl (C=O) groups is 1. The summed E-state index contributed by atoms with van der Waals surface area (Å²) in [4.78, 5) is 25.1. The van der Waals surface area contributed by atoms with Gasteiger partial charge in [-0.1, -0.05) is 48.9 Å².